The second-order valence-corrected chi connectivity index (χ2v) is 10.4. The Hall–Kier alpha value is -3.92. The minimum absolute atomic E-state index is 0.272. The predicted octanol–water partition coefficient (Wildman–Crippen LogP) is 5.75. The van der Waals surface area contributed by atoms with Crippen molar-refractivity contribution in [3.05, 3.63) is 94.0 Å². The summed E-state index contributed by atoms with van der Waals surface area (Å²) in [5.74, 6) is -3.73. The smallest absolute Gasteiger partial charge is 0.418 e. The fourth-order valence-corrected chi connectivity index (χ4v) is 6.49. The SMILES string of the molecule is COc1ccc(C(=O)[C@@H]2[C@@H]3C(=O)N(c4ccccc4C(F)(F)F)C(=O)[C@@H]3[C@H]3C=Cc4ccccc4N32)cc1Br. The number of anilines is 2. The molecule has 3 aliphatic rings. The molecular formula is C29H20BrF3N2O4. The quantitative estimate of drug-likeness (QED) is 0.283. The van der Waals surface area contributed by atoms with Crippen LogP contribution in [0.2, 0.25) is 0 Å². The highest BCUT2D eigenvalue weighted by molar-refractivity contribution is 9.10. The van der Waals surface area contributed by atoms with Crippen molar-refractivity contribution in [1.29, 1.82) is 0 Å². The lowest BCUT2D eigenvalue weighted by Gasteiger charge is -2.36. The number of carbonyl (C=O) groups excluding carboxylic acids is 3. The van der Waals surface area contributed by atoms with Crippen molar-refractivity contribution in [2.75, 3.05) is 16.9 Å². The first kappa shape index (κ1) is 25.4. The highest BCUT2D eigenvalue weighted by atomic mass is 79.9. The molecule has 2 saturated heterocycles. The number of methoxy groups -OCH3 is 1. The molecule has 3 aromatic rings. The van der Waals surface area contributed by atoms with Crippen molar-refractivity contribution < 1.29 is 32.3 Å². The van der Waals surface area contributed by atoms with Crippen LogP contribution < -0.4 is 14.5 Å². The van der Waals surface area contributed by atoms with Gasteiger partial charge < -0.3 is 9.64 Å². The van der Waals surface area contributed by atoms with E-state index >= 15 is 0 Å². The summed E-state index contributed by atoms with van der Waals surface area (Å²) < 4.78 is 47.4. The zero-order chi connectivity index (χ0) is 27.6. The summed E-state index contributed by atoms with van der Waals surface area (Å²) in [4.78, 5) is 44.3. The summed E-state index contributed by atoms with van der Waals surface area (Å²) in [6.45, 7) is 0. The van der Waals surface area contributed by atoms with Gasteiger partial charge >= 0.3 is 6.18 Å². The van der Waals surface area contributed by atoms with Crippen LogP contribution in [0, 0.1) is 11.8 Å². The number of imide groups is 1. The van der Waals surface area contributed by atoms with Gasteiger partial charge in [0.15, 0.2) is 5.78 Å². The van der Waals surface area contributed by atoms with Gasteiger partial charge in [-0.2, -0.15) is 13.2 Å². The maximum absolute atomic E-state index is 14.1. The van der Waals surface area contributed by atoms with Gasteiger partial charge in [-0.15, -0.1) is 0 Å². The Labute approximate surface area is 229 Å². The number of benzene rings is 3. The fraction of sp³-hybridized carbons (Fsp3) is 0.207. The van der Waals surface area contributed by atoms with Crippen molar-refractivity contribution >= 4 is 51.0 Å². The van der Waals surface area contributed by atoms with Crippen LogP contribution in [0.5, 0.6) is 5.75 Å². The standard InChI is InChI=1S/C29H20BrF3N2O4/c1-39-22-13-11-16(14-18(22)30)26(36)25-24-23(21-12-10-15-6-2-4-8-19(15)34(21)25)27(37)35(28(24)38)20-9-5-3-7-17(20)29(31,32)33/h2-14,21,23-25H,1H3/t21-,23-,24-,25+/m1/s1. The molecule has 10 heteroatoms. The van der Waals surface area contributed by atoms with Gasteiger partial charge in [-0.25, -0.2) is 4.90 Å². The van der Waals surface area contributed by atoms with Crippen molar-refractivity contribution in [1.82, 2.24) is 0 Å². The second-order valence-electron chi connectivity index (χ2n) is 9.55. The van der Waals surface area contributed by atoms with Crippen LogP contribution in [0.4, 0.5) is 24.5 Å². The number of alkyl halides is 3. The predicted molar refractivity (Wildman–Crippen MR) is 141 cm³/mol. The van der Waals surface area contributed by atoms with Gasteiger partial charge in [0, 0.05) is 11.3 Å². The maximum Gasteiger partial charge on any atom is 0.418 e. The average molecular weight is 597 g/mol. The van der Waals surface area contributed by atoms with Crippen LogP contribution in [0.25, 0.3) is 6.08 Å². The molecule has 4 atom stereocenters. The van der Waals surface area contributed by atoms with Gasteiger partial charge in [0.1, 0.15) is 11.8 Å². The van der Waals surface area contributed by atoms with Gasteiger partial charge in [0.2, 0.25) is 11.8 Å². The van der Waals surface area contributed by atoms with Crippen molar-refractivity contribution in [3.8, 4) is 5.75 Å². The Bertz CT molecular complexity index is 1570. The fourth-order valence-electron chi connectivity index (χ4n) is 5.95. The summed E-state index contributed by atoms with van der Waals surface area (Å²) in [6, 6.07) is 14.7. The van der Waals surface area contributed by atoms with Gasteiger partial charge in [-0.3, -0.25) is 14.4 Å². The number of ketones is 1. The third-order valence-corrected chi connectivity index (χ3v) is 8.19. The van der Waals surface area contributed by atoms with Crippen molar-refractivity contribution in [2.24, 2.45) is 11.8 Å². The van der Waals surface area contributed by atoms with Crippen LogP contribution in [0.15, 0.2) is 77.3 Å². The normalized spacial score (nSPS) is 23.5. The minimum Gasteiger partial charge on any atom is -0.496 e. The van der Waals surface area contributed by atoms with E-state index < -0.39 is 58.9 Å². The topological polar surface area (TPSA) is 66.9 Å². The lowest BCUT2D eigenvalue weighted by Crippen LogP contribution is -2.49. The number of amides is 2. The Morgan fingerprint density at radius 3 is 2.28 bits per heavy atom. The van der Waals surface area contributed by atoms with Crippen LogP contribution in [-0.4, -0.2) is 36.8 Å². The molecule has 6 nitrogen and oxygen atoms in total. The highest BCUT2D eigenvalue weighted by Gasteiger charge is 2.64. The lowest BCUT2D eigenvalue weighted by atomic mass is 9.86. The molecule has 0 radical (unpaired) electrons. The monoisotopic (exact) mass is 596 g/mol. The van der Waals surface area contributed by atoms with Gasteiger partial charge in [-0.1, -0.05) is 42.5 Å². The molecule has 2 fully saturated rings. The van der Waals surface area contributed by atoms with Crippen molar-refractivity contribution in [2.45, 2.75) is 18.3 Å². The largest absolute Gasteiger partial charge is 0.496 e. The third kappa shape index (κ3) is 3.80. The molecule has 0 N–H and O–H groups in total. The molecule has 39 heavy (non-hydrogen) atoms. The first-order valence-corrected chi connectivity index (χ1v) is 12.9. The molecular weight excluding hydrogens is 577 g/mol. The van der Waals surface area contributed by atoms with E-state index in [1.807, 2.05) is 24.3 Å². The summed E-state index contributed by atoms with van der Waals surface area (Å²) in [5, 5.41) is 0. The zero-order valence-electron chi connectivity index (χ0n) is 20.4. The lowest BCUT2D eigenvalue weighted by molar-refractivity contribution is -0.137. The van der Waals surface area contributed by atoms with Gasteiger partial charge in [0.25, 0.3) is 0 Å². The molecule has 2 amide bonds. The molecule has 3 heterocycles. The summed E-state index contributed by atoms with van der Waals surface area (Å²) >= 11 is 3.39. The summed E-state index contributed by atoms with van der Waals surface area (Å²) in [7, 11) is 1.49. The molecule has 3 aromatic carbocycles. The number of nitrogens with zero attached hydrogens (tertiary/aromatic N) is 2. The molecule has 0 aliphatic carbocycles. The number of fused-ring (bicyclic) bond motifs is 5. The van der Waals surface area contributed by atoms with Crippen LogP contribution in [0.1, 0.15) is 21.5 Å². The van der Waals surface area contributed by atoms with Crippen LogP contribution in [0.3, 0.4) is 0 Å². The van der Waals surface area contributed by atoms with E-state index in [1.165, 1.54) is 19.2 Å². The molecule has 0 aromatic heterocycles. The summed E-state index contributed by atoms with van der Waals surface area (Å²) in [5.41, 5.74) is 0.137. The number of hydrogen-bond donors (Lipinski definition) is 0. The number of carbonyl (C=O) groups is 3. The first-order valence-electron chi connectivity index (χ1n) is 12.1. The van der Waals surface area contributed by atoms with Crippen molar-refractivity contribution in [3.63, 3.8) is 0 Å². The number of rotatable bonds is 4. The van der Waals surface area contributed by atoms with Gasteiger partial charge in [0.05, 0.1) is 40.7 Å². The average Bonchev–Trinajstić information content (AvgIpc) is 3.40. The van der Waals surface area contributed by atoms with Gasteiger partial charge in [-0.05, 0) is 57.9 Å². The number of hydrogen-bond acceptors (Lipinski definition) is 5. The second kappa shape index (κ2) is 9.08. The number of ether oxygens (including phenoxy) is 1. The highest BCUT2D eigenvalue weighted by Crippen LogP contribution is 2.51. The van der Waals surface area contributed by atoms with E-state index in [0.717, 1.165) is 17.7 Å². The number of para-hydroxylation sites is 2. The molecule has 0 unspecified atom stereocenters. The molecule has 6 rings (SSSR count). The van der Waals surface area contributed by atoms with E-state index in [1.54, 1.807) is 35.2 Å². The summed E-state index contributed by atoms with van der Waals surface area (Å²) in [6.07, 6.45) is -1.22. The first-order chi connectivity index (χ1) is 18.6. The third-order valence-electron chi connectivity index (χ3n) is 7.57. The minimum atomic E-state index is -4.78. The zero-order valence-corrected chi connectivity index (χ0v) is 21.9. The Morgan fingerprint density at radius 1 is 0.923 bits per heavy atom. The van der Waals surface area contributed by atoms with E-state index in [2.05, 4.69) is 15.9 Å². The molecule has 0 bridgehead atoms. The Balaban J connectivity index is 1.50. The van der Waals surface area contributed by atoms with E-state index in [4.69, 9.17) is 4.74 Å². The molecule has 198 valence electrons. The number of Topliss-reactive ketones (excluding diaryl/α,β-unsaturated/α-hetero) is 1. The molecule has 0 saturated carbocycles. The van der Waals surface area contributed by atoms with Crippen LogP contribution in [-0.2, 0) is 15.8 Å². The Morgan fingerprint density at radius 2 is 1.59 bits per heavy atom. The number of halogens is 4. The van der Waals surface area contributed by atoms with E-state index in [0.29, 0.717) is 20.8 Å². The van der Waals surface area contributed by atoms with E-state index in [9.17, 15) is 27.6 Å². The molecule has 0 spiro atoms. The van der Waals surface area contributed by atoms with Crippen LogP contribution >= 0.6 is 15.9 Å². The maximum atomic E-state index is 14.1. The Kier molecular flexibility index (Phi) is 5.91. The molecule has 3 aliphatic heterocycles. The van der Waals surface area contributed by atoms with E-state index in [-0.39, 0.29) is 5.56 Å².